The molecule has 0 atom stereocenters. The lowest BCUT2D eigenvalue weighted by Crippen LogP contribution is -2.35. The summed E-state index contributed by atoms with van der Waals surface area (Å²) >= 11 is 3.50. The Kier molecular flexibility index (Phi) is 3.06. The SMILES string of the molecule is BrC1=CC(N2CCOCC2)=CC[CH]1. The molecule has 0 unspecified atom stereocenters. The molecule has 2 aliphatic rings. The van der Waals surface area contributed by atoms with Crippen LogP contribution in [-0.4, -0.2) is 31.2 Å². The smallest absolute Gasteiger partial charge is 0.0642 e. The van der Waals surface area contributed by atoms with E-state index in [1.807, 2.05) is 0 Å². The third kappa shape index (κ3) is 2.35. The van der Waals surface area contributed by atoms with Gasteiger partial charge >= 0.3 is 0 Å². The second kappa shape index (κ2) is 4.29. The van der Waals surface area contributed by atoms with Gasteiger partial charge < -0.3 is 9.64 Å². The summed E-state index contributed by atoms with van der Waals surface area (Å²) in [5.41, 5.74) is 1.33. The summed E-state index contributed by atoms with van der Waals surface area (Å²) < 4.78 is 6.50. The van der Waals surface area contributed by atoms with Gasteiger partial charge in [0.1, 0.15) is 0 Å². The first-order chi connectivity index (χ1) is 6.36. The molecule has 1 radical (unpaired) electrons. The number of halogens is 1. The van der Waals surface area contributed by atoms with Gasteiger partial charge in [-0.1, -0.05) is 22.0 Å². The second-order valence-corrected chi connectivity index (χ2v) is 4.11. The van der Waals surface area contributed by atoms with Gasteiger partial charge in [-0.2, -0.15) is 0 Å². The van der Waals surface area contributed by atoms with Crippen LogP contribution in [0.1, 0.15) is 6.42 Å². The first-order valence-electron chi connectivity index (χ1n) is 4.59. The van der Waals surface area contributed by atoms with Crippen LogP contribution in [0.15, 0.2) is 22.3 Å². The van der Waals surface area contributed by atoms with E-state index < -0.39 is 0 Å². The minimum atomic E-state index is 0.854. The molecule has 0 aromatic heterocycles. The summed E-state index contributed by atoms with van der Waals surface area (Å²) in [6.45, 7) is 3.74. The molecular weight excluding hydrogens is 230 g/mol. The highest BCUT2D eigenvalue weighted by Gasteiger charge is 2.14. The summed E-state index contributed by atoms with van der Waals surface area (Å²) in [6, 6.07) is 0. The van der Waals surface area contributed by atoms with Crippen molar-refractivity contribution in [3.8, 4) is 0 Å². The first-order valence-corrected chi connectivity index (χ1v) is 5.39. The third-order valence-electron chi connectivity index (χ3n) is 2.30. The van der Waals surface area contributed by atoms with E-state index in [1.165, 1.54) is 10.2 Å². The highest BCUT2D eigenvalue weighted by Crippen LogP contribution is 2.23. The Morgan fingerprint density at radius 1 is 1.31 bits per heavy atom. The molecule has 0 saturated carbocycles. The molecule has 71 valence electrons. The number of morpholine rings is 1. The van der Waals surface area contributed by atoms with Gasteiger partial charge in [-0.25, -0.2) is 0 Å². The van der Waals surface area contributed by atoms with Crippen molar-refractivity contribution < 1.29 is 4.74 Å². The summed E-state index contributed by atoms with van der Waals surface area (Å²) in [5, 5.41) is 0. The summed E-state index contributed by atoms with van der Waals surface area (Å²) in [4.78, 5) is 2.37. The third-order valence-corrected chi connectivity index (χ3v) is 2.85. The molecule has 1 heterocycles. The van der Waals surface area contributed by atoms with Gasteiger partial charge in [0, 0.05) is 29.7 Å². The van der Waals surface area contributed by atoms with Gasteiger partial charge in [0.15, 0.2) is 0 Å². The fraction of sp³-hybridized carbons (Fsp3) is 0.500. The molecule has 13 heavy (non-hydrogen) atoms. The molecule has 3 heteroatoms. The van der Waals surface area contributed by atoms with E-state index in [-0.39, 0.29) is 0 Å². The van der Waals surface area contributed by atoms with Crippen molar-refractivity contribution in [2.45, 2.75) is 6.42 Å². The monoisotopic (exact) mass is 242 g/mol. The Bertz CT molecular complexity index is 241. The fourth-order valence-corrected chi connectivity index (χ4v) is 2.01. The molecule has 0 spiro atoms. The van der Waals surface area contributed by atoms with Crippen LogP contribution < -0.4 is 0 Å². The number of hydrogen-bond acceptors (Lipinski definition) is 2. The Balaban J connectivity index is 2.02. The largest absolute Gasteiger partial charge is 0.378 e. The van der Waals surface area contributed by atoms with E-state index in [9.17, 15) is 0 Å². The van der Waals surface area contributed by atoms with E-state index in [0.29, 0.717) is 0 Å². The zero-order valence-corrected chi connectivity index (χ0v) is 9.09. The zero-order valence-electron chi connectivity index (χ0n) is 7.50. The minimum absolute atomic E-state index is 0.854. The lowest BCUT2D eigenvalue weighted by Gasteiger charge is -2.31. The van der Waals surface area contributed by atoms with Gasteiger partial charge in [-0.15, -0.1) is 0 Å². The highest BCUT2D eigenvalue weighted by atomic mass is 79.9. The van der Waals surface area contributed by atoms with Crippen molar-refractivity contribution in [3.63, 3.8) is 0 Å². The molecule has 2 rings (SSSR count). The molecule has 0 aromatic rings. The van der Waals surface area contributed by atoms with Crippen LogP contribution in [0.4, 0.5) is 0 Å². The Hall–Kier alpha value is -0.280. The van der Waals surface area contributed by atoms with Gasteiger partial charge in [0.05, 0.1) is 13.2 Å². The van der Waals surface area contributed by atoms with Crippen molar-refractivity contribution in [3.05, 3.63) is 28.8 Å². The van der Waals surface area contributed by atoms with Crippen LogP contribution in [0.25, 0.3) is 0 Å². The van der Waals surface area contributed by atoms with Gasteiger partial charge in [-0.3, -0.25) is 0 Å². The van der Waals surface area contributed by atoms with Crippen molar-refractivity contribution in [1.82, 2.24) is 4.90 Å². The van der Waals surface area contributed by atoms with E-state index >= 15 is 0 Å². The molecular formula is C10H13BrNO. The average molecular weight is 243 g/mol. The Morgan fingerprint density at radius 2 is 2.08 bits per heavy atom. The van der Waals surface area contributed by atoms with Crippen LogP contribution in [0, 0.1) is 6.42 Å². The molecule has 2 nitrogen and oxygen atoms in total. The standard InChI is InChI=1S/C10H13BrNO/c11-9-2-1-3-10(8-9)12-4-6-13-7-5-12/h2-3,8H,1,4-7H2. The topological polar surface area (TPSA) is 12.5 Å². The second-order valence-electron chi connectivity index (χ2n) is 3.20. The van der Waals surface area contributed by atoms with Gasteiger partial charge in [0.25, 0.3) is 0 Å². The molecule has 1 aliphatic carbocycles. The van der Waals surface area contributed by atoms with E-state index in [1.54, 1.807) is 0 Å². The number of ether oxygens (including phenoxy) is 1. The lowest BCUT2D eigenvalue weighted by molar-refractivity contribution is 0.0552. The molecule has 0 bridgehead atoms. The van der Waals surface area contributed by atoms with Gasteiger partial charge in [-0.05, 0) is 12.5 Å². The molecule has 1 saturated heterocycles. The summed E-state index contributed by atoms with van der Waals surface area (Å²) in [5.74, 6) is 0. The summed E-state index contributed by atoms with van der Waals surface area (Å²) in [6.07, 6.45) is 7.64. The van der Waals surface area contributed by atoms with E-state index in [4.69, 9.17) is 4.74 Å². The summed E-state index contributed by atoms with van der Waals surface area (Å²) in [7, 11) is 0. The van der Waals surface area contributed by atoms with Crippen molar-refractivity contribution in [1.29, 1.82) is 0 Å². The first kappa shape index (κ1) is 9.28. The maximum Gasteiger partial charge on any atom is 0.0642 e. The Labute approximate surface area is 87.4 Å². The predicted molar refractivity (Wildman–Crippen MR) is 56.4 cm³/mol. The number of allylic oxidation sites excluding steroid dienone is 3. The molecule has 0 N–H and O–H groups in total. The molecule has 0 aromatic carbocycles. The number of hydrogen-bond donors (Lipinski definition) is 0. The normalized spacial score (nSPS) is 23.9. The maximum atomic E-state index is 5.31. The van der Waals surface area contributed by atoms with Gasteiger partial charge in [0.2, 0.25) is 0 Å². The van der Waals surface area contributed by atoms with Crippen LogP contribution in [0.3, 0.4) is 0 Å². The minimum Gasteiger partial charge on any atom is -0.378 e. The number of nitrogens with zero attached hydrogens (tertiary/aromatic N) is 1. The van der Waals surface area contributed by atoms with Crippen LogP contribution in [0.2, 0.25) is 0 Å². The van der Waals surface area contributed by atoms with Crippen LogP contribution in [0.5, 0.6) is 0 Å². The quantitative estimate of drug-likeness (QED) is 0.699. The zero-order chi connectivity index (χ0) is 9.10. The van der Waals surface area contributed by atoms with Crippen molar-refractivity contribution in [2.24, 2.45) is 0 Å². The van der Waals surface area contributed by atoms with Crippen LogP contribution >= 0.6 is 15.9 Å². The van der Waals surface area contributed by atoms with E-state index in [0.717, 1.165) is 32.7 Å². The number of rotatable bonds is 1. The average Bonchev–Trinajstić information content (AvgIpc) is 2.19. The molecule has 0 amide bonds. The highest BCUT2D eigenvalue weighted by molar-refractivity contribution is 9.11. The van der Waals surface area contributed by atoms with E-state index in [2.05, 4.69) is 39.4 Å². The van der Waals surface area contributed by atoms with Crippen molar-refractivity contribution in [2.75, 3.05) is 26.3 Å². The van der Waals surface area contributed by atoms with Crippen molar-refractivity contribution >= 4 is 15.9 Å². The Morgan fingerprint density at radius 3 is 2.77 bits per heavy atom. The molecule has 1 fully saturated rings. The predicted octanol–water partition coefficient (Wildman–Crippen LogP) is 2.09. The molecule has 1 aliphatic heterocycles. The maximum absolute atomic E-state index is 5.31. The fourth-order valence-electron chi connectivity index (χ4n) is 1.59. The van der Waals surface area contributed by atoms with Crippen LogP contribution in [-0.2, 0) is 4.74 Å². The lowest BCUT2D eigenvalue weighted by atomic mass is 10.1.